The van der Waals surface area contributed by atoms with E-state index in [2.05, 4.69) is 53.6 Å². The molecular formula is C20H27F3N6. The number of nitrogens with one attached hydrogen (secondary N) is 3. The molecule has 0 saturated carbocycles. The number of halogens is 3. The Balaban J connectivity index is 1.84. The number of para-hydroxylation sites is 1. The first kappa shape index (κ1) is 21.2. The summed E-state index contributed by atoms with van der Waals surface area (Å²) in [4.78, 5) is 8.25. The average Bonchev–Trinajstić information content (AvgIpc) is 2.55. The first-order valence-electron chi connectivity index (χ1n) is 9.46. The van der Waals surface area contributed by atoms with Crippen molar-refractivity contribution >= 4 is 23.0 Å². The lowest BCUT2D eigenvalue weighted by molar-refractivity contribution is -0.136. The number of piperidine rings is 1. The minimum absolute atomic E-state index is 0.0755. The van der Waals surface area contributed by atoms with Crippen molar-refractivity contribution in [1.82, 2.24) is 15.3 Å². The van der Waals surface area contributed by atoms with E-state index in [0.29, 0.717) is 5.82 Å². The zero-order chi connectivity index (χ0) is 21.4. The van der Waals surface area contributed by atoms with E-state index < -0.39 is 11.7 Å². The Morgan fingerprint density at radius 1 is 1.03 bits per heavy atom. The molecule has 0 aliphatic carbocycles. The summed E-state index contributed by atoms with van der Waals surface area (Å²) < 4.78 is 39.8. The monoisotopic (exact) mass is 408 g/mol. The number of benzene rings is 1. The van der Waals surface area contributed by atoms with Gasteiger partial charge in [-0.05, 0) is 52.7 Å². The molecular weight excluding hydrogens is 381 g/mol. The summed E-state index contributed by atoms with van der Waals surface area (Å²) >= 11 is 0. The summed E-state index contributed by atoms with van der Waals surface area (Å²) in [6.45, 7) is 8.53. The highest BCUT2D eigenvalue weighted by molar-refractivity contribution is 5.78. The van der Waals surface area contributed by atoms with Crippen molar-refractivity contribution in [2.24, 2.45) is 0 Å². The standard InChI is InChI=1S/C20H27F3N6/c1-18(2)9-12(10-19(3,4)29-18)27-16-15(24)17(26-11-25-16)28-14-8-6-5-7-13(14)20(21,22)23/h5-8,11-12,29H,9-10,24H2,1-4H3,(H2,25,26,27,28). The van der Waals surface area contributed by atoms with Crippen LogP contribution in [0.4, 0.5) is 36.2 Å². The van der Waals surface area contributed by atoms with Gasteiger partial charge in [0.25, 0.3) is 0 Å². The van der Waals surface area contributed by atoms with Crippen LogP contribution in [-0.4, -0.2) is 27.1 Å². The van der Waals surface area contributed by atoms with E-state index in [-0.39, 0.29) is 34.3 Å². The molecule has 0 radical (unpaired) electrons. The largest absolute Gasteiger partial charge is 0.418 e. The van der Waals surface area contributed by atoms with E-state index in [0.717, 1.165) is 18.9 Å². The lowest BCUT2D eigenvalue weighted by Crippen LogP contribution is -2.60. The number of rotatable bonds is 4. The third-order valence-corrected chi connectivity index (χ3v) is 4.90. The number of alkyl halides is 3. The summed E-state index contributed by atoms with van der Waals surface area (Å²) in [5, 5.41) is 9.67. The lowest BCUT2D eigenvalue weighted by atomic mass is 9.79. The Morgan fingerprint density at radius 2 is 1.62 bits per heavy atom. The fourth-order valence-corrected chi connectivity index (χ4v) is 4.19. The number of hydrogen-bond donors (Lipinski definition) is 4. The molecule has 1 aliphatic heterocycles. The highest BCUT2D eigenvalue weighted by atomic mass is 19.4. The number of anilines is 4. The van der Waals surface area contributed by atoms with Crippen molar-refractivity contribution < 1.29 is 13.2 Å². The third-order valence-electron chi connectivity index (χ3n) is 4.90. The van der Waals surface area contributed by atoms with Crippen molar-refractivity contribution in [3.63, 3.8) is 0 Å². The van der Waals surface area contributed by atoms with Crippen molar-refractivity contribution in [2.75, 3.05) is 16.4 Å². The average molecular weight is 408 g/mol. The Bertz CT molecular complexity index is 863. The van der Waals surface area contributed by atoms with Crippen LogP contribution in [0.5, 0.6) is 0 Å². The molecule has 1 aromatic heterocycles. The molecule has 1 aromatic carbocycles. The van der Waals surface area contributed by atoms with E-state index in [9.17, 15) is 13.2 Å². The highest BCUT2D eigenvalue weighted by Gasteiger charge is 2.38. The second-order valence-electron chi connectivity index (χ2n) is 8.80. The molecule has 0 amide bonds. The number of nitrogens with two attached hydrogens (primary N) is 1. The Morgan fingerprint density at radius 3 is 2.24 bits per heavy atom. The summed E-state index contributed by atoms with van der Waals surface area (Å²) in [6.07, 6.45) is -1.51. The fourth-order valence-electron chi connectivity index (χ4n) is 4.19. The third kappa shape index (κ3) is 5.09. The summed E-state index contributed by atoms with van der Waals surface area (Å²) in [7, 11) is 0. The van der Waals surface area contributed by atoms with Gasteiger partial charge in [-0.1, -0.05) is 12.1 Å². The Labute approximate surface area is 168 Å². The smallest absolute Gasteiger partial charge is 0.393 e. The van der Waals surface area contributed by atoms with Crippen LogP contribution in [-0.2, 0) is 6.18 Å². The Kier molecular flexibility index (Phi) is 5.38. The molecule has 1 fully saturated rings. The van der Waals surface area contributed by atoms with Gasteiger partial charge in [-0.25, -0.2) is 9.97 Å². The second-order valence-corrected chi connectivity index (χ2v) is 8.80. The predicted molar refractivity (Wildman–Crippen MR) is 109 cm³/mol. The second kappa shape index (κ2) is 7.37. The minimum atomic E-state index is -4.49. The minimum Gasteiger partial charge on any atom is -0.393 e. The molecule has 0 atom stereocenters. The summed E-state index contributed by atoms with van der Waals surface area (Å²) in [5.74, 6) is 0.539. The normalized spacial score (nSPS) is 19.0. The van der Waals surface area contributed by atoms with Gasteiger partial charge in [-0.2, -0.15) is 13.2 Å². The van der Waals surface area contributed by atoms with Crippen molar-refractivity contribution in [1.29, 1.82) is 0 Å². The van der Waals surface area contributed by atoms with Crippen LogP contribution in [0.1, 0.15) is 46.1 Å². The number of nitrogens with zero attached hydrogens (tertiary/aromatic N) is 2. The lowest BCUT2D eigenvalue weighted by Gasteiger charge is -2.46. The van der Waals surface area contributed by atoms with Crippen molar-refractivity contribution in [3.05, 3.63) is 36.2 Å². The first-order chi connectivity index (χ1) is 13.4. The number of aromatic nitrogens is 2. The maximum Gasteiger partial charge on any atom is 0.418 e. The summed E-state index contributed by atoms with van der Waals surface area (Å²) in [5.41, 5.74) is 5.33. The van der Waals surface area contributed by atoms with E-state index in [1.54, 1.807) is 0 Å². The maximum atomic E-state index is 13.3. The van der Waals surface area contributed by atoms with E-state index in [1.165, 1.54) is 24.5 Å². The van der Waals surface area contributed by atoms with E-state index in [4.69, 9.17) is 5.73 Å². The molecule has 1 saturated heterocycles. The van der Waals surface area contributed by atoms with Gasteiger partial charge in [-0.15, -0.1) is 0 Å². The van der Waals surface area contributed by atoms with Crippen LogP contribution in [0.25, 0.3) is 0 Å². The summed E-state index contributed by atoms with van der Waals surface area (Å²) in [6, 6.07) is 5.32. The fraction of sp³-hybridized carbons (Fsp3) is 0.500. The first-order valence-corrected chi connectivity index (χ1v) is 9.46. The topological polar surface area (TPSA) is 87.9 Å². The molecule has 0 bridgehead atoms. The van der Waals surface area contributed by atoms with E-state index in [1.807, 2.05) is 0 Å². The van der Waals surface area contributed by atoms with Crippen LogP contribution in [0.2, 0.25) is 0 Å². The van der Waals surface area contributed by atoms with Crippen LogP contribution in [0, 0.1) is 0 Å². The van der Waals surface area contributed by atoms with Gasteiger partial charge in [0.05, 0.1) is 11.3 Å². The molecule has 0 spiro atoms. The van der Waals surface area contributed by atoms with Crippen LogP contribution in [0.3, 0.4) is 0 Å². The van der Waals surface area contributed by atoms with Crippen molar-refractivity contribution in [2.45, 2.75) is 63.8 Å². The molecule has 29 heavy (non-hydrogen) atoms. The van der Waals surface area contributed by atoms with Gasteiger partial charge in [0.1, 0.15) is 12.0 Å². The molecule has 2 aromatic rings. The molecule has 0 unspecified atom stereocenters. The van der Waals surface area contributed by atoms with Gasteiger partial charge in [-0.3, -0.25) is 0 Å². The quantitative estimate of drug-likeness (QED) is 0.594. The molecule has 2 heterocycles. The van der Waals surface area contributed by atoms with Gasteiger partial charge in [0.2, 0.25) is 0 Å². The number of nitrogen functional groups attached to an aromatic ring is 1. The highest BCUT2D eigenvalue weighted by Crippen LogP contribution is 2.37. The maximum absolute atomic E-state index is 13.3. The van der Waals surface area contributed by atoms with Gasteiger partial charge < -0.3 is 21.7 Å². The van der Waals surface area contributed by atoms with Gasteiger partial charge in [0, 0.05) is 17.1 Å². The zero-order valence-corrected chi connectivity index (χ0v) is 17.0. The van der Waals surface area contributed by atoms with Crippen LogP contribution < -0.4 is 21.7 Å². The van der Waals surface area contributed by atoms with Gasteiger partial charge >= 0.3 is 6.18 Å². The molecule has 158 valence electrons. The van der Waals surface area contributed by atoms with Crippen LogP contribution in [0.15, 0.2) is 30.6 Å². The molecule has 6 nitrogen and oxygen atoms in total. The van der Waals surface area contributed by atoms with Crippen LogP contribution >= 0.6 is 0 Å². The van der Waals surface area contributed by atoms with Crippen molar-refractivity contribution in [3.8, 4) is 0 Å². The molecule has 3 rings (SSSR count). The molecule has 5 N–H and O–H groups in total. The molecule has 1 aliphatic rings. The van der Waals surface area contributed by atoms with E-state index >= 15 is 0 Å². The van der Waals surface area contributed by atoms with Gasteiger partial charge in [0.15, 0.2) is 11.6 Å². The SMILES string of the molecule is CC1(C)CC(Nc2ncnc(Nc3ccccc3C(F)(F)F)c2N)CC(C)(C)N1. The zero-order valence-electron chi connectivity index (χ0n) is 17.0. The number of hydrogen-bond acceptors (Lipinski definition) is 6. The molecule has 9 heteroatoms. The predicted octanol–water partition coefficient (Wildman–Crippen LogP) is 4.54. The Hall–Kier alpha value is -2.55.